The number of ether oxygens (including phenoxy) is 1. The third kappa shape index (κ3) is 6.19. The molecule has 0 spiro atoms. The first-order valence-corrected chi connectivity index (χ1v) is 12.3. The number of nitrogens with zero attached hydrogens (tertiary/aromatic N) is 4. The Morgan fingerprint density at radius 3 is 2.41 bits per heavy atom. The number of piperidine rings is 1. The quantitative estimate of drug-likeness (QED) is 0.399. The maximum Gasteiger partial charge on any atom is 0.407 e. The Bertz CT molecular complexity index is 1240. The minimum atomic E-state index is -1.11. The van der Waals surface area contributed by atoms with Crippen LogP contribution in [0.15, 0.2) is 54.7 Å². The highest BCUT2D eigenvalue weighted by Crippen LogP contribution is 2.37. The zero-order chi connectivity index (χ0) is 26.6. The van der Waals surface area contributed by atoms with E-state index in [1.807, 2.05) is 61.9 Å². The molecule has 3 aromatic rings. The average Bonchev–Trinajstić information content (AvgIpc) is 3.32. The van der Waals surface area contributed by atoms with Crippen LogP contribution in [0, 0.1) is 5.41 Å². The molecule has 1 aromatic carbocycles. The summed E-state index contributed by atoms with van der Waals surface area (Å²) in [5, 5.41) is 27.2. The van der Waals surface area contributed by atoms with Crippen molar-refractivity contribution < 1.29 is 24.5 Å². The number of benzene rings is 1. The third-order valence-electron chi connectivity index (χ3n) is 6.60. The van der Waals surface area contributed by atoms with Crippen molar-refractivity contribution in [1.29, 1.82) is 0 Å². The fraction of sp³-hybridized carbons (Fsp3) is 0.407. The maximum absolute atomic E-state index is 12.4. The van der Waals surface area contributed by atoms with Gasteiger partial charge in [0, 0.05) is 43.4 Å². The van der Waals surface area contributed by atoms with Crippen LogP contribution in [0.4, 0.5) is 16.4 Å². The van der Waals surface area contributed by atoms with Gasteiger partial charge in [-0.15, -0.1) is 0 Å². The molecule has 0 radical (unpaired) electrons. The molecule has 1 amide bonds. The number of aliphatic carboxylic acids is 1. The molecule has 4 rings (SSSR count). The number of nitrogens with one attached hydrogen (secondary N) is 1. The number of aromatic nitrogens is 3. The van der Waals surface area contributed by atoms with Gasteiger partial charge in [0.05, 0.1) is 17.2 Å². The fourth-order valence-corrected chi connectivity index (χ4v) is 4.54. The molecule has 0 aliphatic carbocycles. The molecule has 196 valence electrons. The van der Waals surface area contributed by atoms with Crippen molar-refractivity contribution in [2.24, 2.45) is 5.41 Å². The van der Waals surface area contributed by atoms with Gasteiger partial charge in [0.25, 0.3) is 0 Å². The van der Waals surface area contributed by atoms with E-state index in [0.717, 1.165) is 11.4 Å². The normalized spacial score (nSPS) is 15.3. The molecular weight excluding hydrogens is 474 g/mol. The second kappa shape index (κ2) is 10.5. The SMILES string of the molecule is CC(C)(C)n1nccc1Nc1cc(OCc2ccccc2)cc(CC2(C(=O)O)CCN(C(=O)O)CC2)n1. The molecule has 37 heavy (non-hydrogen) atoms. The van der Waals surface area contributed by atoms with E-state index in [1.165, 1.54) is 4.90 Å². The first-order chi connectivity index (χ1) is 17.6. The number of hydrogen-bond acceptors (Lipinski definition) is 6. The van der Waals surface area contributed by atoms with Gasteiger partial charge in [0.15, 0.2) is 0 Å². The van der Waals surface area contributed by atoms with Crippen molar-refractivity contribution >= 4 is 23.7 Å². The molecule has 3 N–H and O–H groups in total. The molecule has 0 atom stereocenters. The maximum atomic E-state index is 12.4. The van der Waals surface area contributed by atoms with E-state index in [2.05, 4.69) is 10.4 Å². The second-order valence-corrected chi connectivity index (χ2v) is 10.4. The topological polar surface area (TPSA) is 130 Å². The van der Waals surface area contributed by atoms with Crippen molar-refractivity contribution in [3.05, 3.63) is 66.0 Å². The molecule has 1 aliphatic heterocycles. The van der Waals surface area contributed by atoms with E-state index >= 15 is 0 Å². The number of amides is 1. The van der Waals surface area contributed by atoms with Crippen LogP contribution in [0.25, 0.3) is 0 Å². The van der Waals surface area contributed by atoms with Gasteiger partial charge in [-0.25, -0.2) is 14.5 Å². The van der Waals surface area contributed by atoms with Crippen molar-refractivity contribution in [3.63, 3.8) is 0 Å². The van der Waals surface area contributed by atoms with E-state index < -0.39 is 17.5 Å². The first-order valence-electron chi connectivity index (χ1n) is 12.3. The van der Waals surface area contributed by atoms with Gasteiger partial charge in [0.1, 0.15) is 24.0 Å². The monoisotopic (exact) mass is 507 g/mol. The van der Waals surface area contributed by atoms with Crippen LogP contribution >= 0.6 is 0 Å². The van der Waals surface area contributed by atoms with Crippen molar-refractivity contribution in [2.75, 3.05) is 18.4 Å². The molecule has 1 saturated heterocycles. The number of likely N-dealkylation sites (tertiary alicyclic amines) is 1. The van der Waals surface area contributed by atoms with Gasteiger partial charge in [0.2, 0.25) is 0 Å². The zero-order valence-corrected chi connectivity index (χ0v) is 21.3. The van der Waals surface area contributed by atoms with Gasteiger partial charge in [-0.05, 0) is 39.2 Å². The predicted molar refractivity (Wildman–Crippen MR) is 138 cm³/mol. The molecule has 3 heterocycles. The summed E-state index contributed by atoms with van der Waals surface area (Å²) < 4.78 is 7.94. The first kappa shape index (κ1) is 26.0. The Labute approximate surface area is 215 Å². The summed E-state index contributed by atoms with van der Waals surface area (Å²) >= 11 is 0. The molecule has 0 unspecified atom stereocenters. The lowest BCUT2D eigenvalue weighted by Gasteiger charge is -2.37. The summed E-state index contributed by atoms with van der Waals surface area (Å²) in [6, 6.07) is 15.2. The van der Waals surface area contributed by atoms with E-state index in [-0.39, 0.29) is 37.9 Å². The van der Waals surface area contributed by atoms with Gasteiger partial charge < -0.3 is 25.2 Å². The number of hydrogen-bond donors (Lipinski definition) is 3. The summed E-state index contributed by atoms with van der Waals surface area (Å²) in [4.78, 5) is 29.7. The number of anilines is 2. The molecule has 1 aliphatic rings. The van der Waals surface area contributed by atoms with E-state index in [0.29, 0.717) is 23.9 Å². The summed E-state index contributed by atoms with van der Waals surface area (Å²) in [5.41, 5.74) is 0.188. The van der Waals surface area contributed by atoms with Gasteiger partial charge in [-0.3, -0.25) is 4.79 Å². The number of pyridine rings is 1. The standard InChI is InChI=1S/C27H33N5O5/c1-26(2,3)32-23(9-12-28-32)30-22-16-21(37-18-19-7-5-4-6-8-19)15-20(29-22)17-27(24(33)34)10-13-31(14-11-27)25(35)36/h4-9,12,15-16H,10-11,13-14,17-18H2,1-3H3,(H,29,30)(H,33,34)(H,35,36). The Morgan fingerprint density at radius 2 is 1.78 bits per heavy atom. The second-order valence-electron chi connectivity index (χ2n) is 10.4. The van der Waals surface area contributed by atoms with E-state index in [9.17, 15) is 19.8 Å². The van der Waals surface area contributed by atoms with E-state index in [4.69, 9.17) is 9.72 Å². The smallest absolute Gasteiger partial charge is 0.407 e. The molecule has 10 heteroatoms. The lowest BCUT2D eigenvalue weighted by Crippen LogP contribution is -2.47. The van der Waals surface area contributed by atoms with Crippen LogP contribution in [0.1, 0.15) is 44.9 Å². The van der Waals surface area contributed by atoms with Gasteiger partial charge in [-0.2, -0.15) is 5.10 Å². The molecule has 10 nitrogen and oxygen atoms in total. The number of carbonyl (C=O) groups is 2. The summed E-state index contributed by atoms with van der Waals surface area (Å²) in [7, 11) is 0. The highest BCUT2D eigenvalue weighted by Gasteiger charge is 2.43. The average molecular weight is 508 g/mol. The summed E-state index contributed by atoms with van der Waals surface area (Å²) in [6.45, 7) is 6.82. The number of carboxylic acid groups (broad SMARTS) is 2. The molecule has 0 saturated carbocycles. The lowest BCUT2D eigenvalue weighted by molar-refractivity contribution is -0.151. The van der Waals surface area contributed by atoms with E-state index in [1.54, 1.807) is 18.3 Å². The Balaban J connectivity index is 1.63. The minimum absolute atomic E-state index is 0.158. The Morgan fingerprint density at radius 1 is 1.08 bits per heavy atom. The van der Waals surface area contributed by atoms with Crippen LogP contribution in [0.5, 0.6) is 5.75 Å². The van der Waals surface area contributed by atoms with Crippen LogP contribution in [0.3, 0.4) is 0 Å². The summed E-state index contributed by atoms with van der Waals surface area (Å²) in [6.07, 6.45) is 1.26. The lowest BCUT2D eigenvalue weighted by atomic mass is 9.74. The third-order valence-corrected chi connectivity index (χ3v) is 6.60. The zero-order valence-electron chi connectivity index (χ0n) is 21.3. The fourth-order valence-electron chi connectivity index (χ4n) is 4.54. The highest BCUT2D eigenvalue weighted by atomic mass is 16.5. The minimum Gasteiger partial charge on any atom is -0.489 e. The summed E-state index contributed by atoms with van der Waals surface area (Å²) in [5.74, 6) is 0.862. The van der Waals surface area contributed by atoms with Crippen LogP contribution in [-0.4, -0.2) is 55.0 Å². The Hall–Kier alpha value is -4.08. The number of rotatable bonds is 8. The van der Waals surface area contributed by atoms with Gasteiger partial charge >= 0.3 is 12.1 Å². The highest BCUT2D eigenvalue weighted by molar-refractivity contribution is 5.76. The molecule has 2 aromatic heterocycles. The van der Waals surface area contributed by atoms with Crippen molar-refractivity contribution in [2.45, 2.75) is 52.2 Å². The van der Waals surface area contributed by atoms with Crippen molar-refractivity contribution in [3.8, 4) is 5.75 Å². The van der Waals surface area contributed by atoms with Crippen LogP contribution in [-0.2, 0) is 23.4 Å². The van der Waals surface area contributed by atoms with Crippen LogP contribution < -0.4 is 10.1 Å². The molecule has 0 bridgehead atoms. The molecular formula is C27H33N5O5. The van der Waals surface area contributed by atoms with Crippen LogP contribution in [0.2, 0.25) is 0 Å². The van der Waals surface area contributed by atoms with Crippen molar-refractivity contribution in [1.82, 2.24) is 19.7 Å². The molecule has 1 fully saturated rings. The predicted octanol–water partition coefficient (Wildman–Crippen LogP) is 4.74. The largest absolute Gasteiger partial charge is 0.489 e. The number of carboxylic acids is 1. The Kier molecular flexibility index (Phi) is 7.37. The van der Waals surface area contributed by atoms with Gasteiger partial charge in [-0.1, -0.05) is 30.3 Å².